The second-order valence-electron chi connectivity index (χ2n) is 3.94. The van der Waals surface area contributed by atoms with E-state index in [1.165, 1.54) is 38.0 Å². The predicted molar refractivity (Wildman–Crippen MR) is 57.3 cm³/mol. The lowest BCUT2D eigenvalue weighted by molar-refractivity contribution is 0.1000. The van der Waals surface area contributed by atoms with Gasteiger partial charge in [-0.1, -0.05) is 0 Å². The first-order valence-electron chi connectivity index (χ1n) is 5.38. The summed E-state index contributed by atoms with van der Waals surface area (Å²) in [4.78, 5) is 0. The number of thioether (sulfide) groups is 1. The van der Waals surface area contributed by atoms with Crippen LogP contribution in [0.4, 0.5) is 0 Å². The van der Waals surface area contributed by atoms with Crippen LogP contribution in [0.3, 0.4) is 0 Å². The molecule has 2 heterocycles. The fourth-order valence-corrected chi connectivity index (χ4v) is 3.31. The monoisotopic (exact) mass is 201 g/mol. The van der Waals surface area contributed by atoms with Gasteiger partial charge in [-0.3, -0.25) is 0 Å². The van der Waals surface area contributed by atoms with Crippen LogP contribution in [0, 0.1) is 0 Å². The van der Waals surface area contributed by atoms with Crippen molar-refractivity contribution < 1.29 is 4.74 Å². The van der Waals surface area contributed by atoms with Gasteiger partial charge in [-0.25, -0.2) is 0 Å². The summed E-state index contributed by atoms with van der Waals surface area (Å²) in [5.41, 5.74) is 0. The molecule has 2 aliphatic heterocycles. The normalized spacial score (nSPS) is 30.9. The van der Waals surface area contributed by atoms with Gasteiger partial charge in [0, 0.05) is 30.3 Å². The molecule has 0 saturated carbocycles. The average Bonchev–Trinajstić information content (AvgIpc) is 2.69. The molecule has 0 aromatic heterocycles. The first-order chi connectivity index (χ1) is 6.45. The Labute approximate surface area is 84.8 Å². The Balaban J connectivity index is 1.60. The van der Waals surface area contributed by atoms with Crippen LogP contribution in [0.5, 0.6) is 0 Å². The quantitative estimate of drug-likeness (QED) is 0.750. The maximum Gasteiger partial charge on any atom is 0.0476 e. The summed E-state index contributed by atoms with van der Waals surface area (Å²) >= 11 is 2.15. The largest absolute Gasteiger partial charge is 0.381 e. The Morgan fingerprint density at radius 2 is 2.08 bits per heavy atom. The summed E-state index contributed by atoms with van der Waals surface area (Å²) in [6.07, 6.45) is 5.28. The zero-order chi connectivity index (χ0) is 8.93. The zero-order valence-corrected chi connectivity index (χ0v) is 8.94. The molecular weight excluding hydrogens is 182 g/mol. The smallest absolute Gasteiger partial charge is 0.0476 e. The van der Waals surface area contributed by atoms with Gasteiger partial charge in [-0.15, -0.1) is 0 Å². The van der Waals surface area contributed by atoms with Gasteiger partial charge in [-0.2, -0.15) is 11.8 Å². The van der Waals surface area contributed by atoms with E-state index in [1.54, 1.807) is 0 Å². The highest BCUT2D eigenvalue weighted by molar-refractivity contribution is 7.99. The van der Waals surface area contributed by atoms with Gasteiger partial charge in [0.15, 0.2) is 0 Å². The third-order valence-corrected chi connectivity index (χ3v) is 4.40. The van der Waals surface area contributed by atoms with Gasteiger partial charge < -0.3 is 10.1 Å². The van der Waals surface area contributed by atoms with E-state index in [0.717, 1.165) is 24.5 Å². The Morgan fingerprint density at radius 1 is 1.23 bits per heavy atom. The lowest BCUT2D eigenvalue weighted by Crippen LogP contribution is -2.26. The Morgan fingerprint density at radius 3 is 2.77 bits per heavy atom. The van der Waals surface area contributed by atoms with Crippen molar-refractivity contribution in [2.24, 2.45) is 0 Å². The standard InChI is InChI=1S/C10H19NOS/c1-2-9(11-5-1)8-13-10-3-6-12-7-4-10/h9-11H,1-8H2/t9-/m1/s1. The van der Waals surface area contributed by atoms with Crippen LogP contribution in [0.2, 0.25) is 0 Å². The van der Waals surface area contributed by atoms with Gasteiger partial charge in [0.2, 0.25) is 0 Å². The summed E-state index contributed by atoms with van der Waals surface area (Å²) < 4.78 is 5.34. The molecule has 1 atom stereocenters. The van der Waals surface area contributed by atoms with Gasteiger partial charge in [0.05, 0.1) is 0 Å². The van der Waals surface area contributed by atoms with Gasteiger partial charge in [0.25, 0.3) is 0 Å². The van der Waals surface area contributed by atoms with E-state index < -0.39 is 0 Å². The van der Waals surface area contributed by atoms with Crippen molar-refractivity contribution in [3.05, 3.63) is 0 Å². The molecular formula is C10H19NOS. The van der Waals surface area contributed by atoms with E-state index in [2.05, 4.69) is 17.1 Å². The summed E-state index contributed by atoms with van der Waals surface area (Å²) in [7, 11) is 0. The van der Waals surface area contributed by atoms with Crippen molar-refractivity contribution in [2.45, 2.75) is 37.0 Å². The van der Waals surface area contributed by atoms with Crippen molar-refractivity contribution >= 4 is 11.8 Å². The van der Waals surface area contributed by atoms with Gasteiger partial charge in [-0.05, 0) is 32.2 Å². The van der Waals surface area contributed by atoms with Crippen LogP contribution in [-0.2, 0) is 4.74 Å². The van der Waals surface area contributed by atoms with Crippen molar-refractivity contribution in [2.75, 3.05) is 25.5 Å². The predicted octanol–water partition coefficient (Wildman–Crippen LogP) is 1.65. The van der Waals surface area contributed by atoms with Crippen molar-refractivity contribution in [3.63, 3.8) is 0 Å². The number of ether oxygens (including phenoxy) is 1. The fraction of sp³-hybridized carbons (Fsp3) is 1.00. The average molecular weight is 201 g/mol. The Bertz CT molecular complexity index is 142. The first kappa shape index (κ1) is 9.81. The van der Waals surface area contributed by atoms with Crippen molar-refractivity contribution in [3.8, 4) is 0 Å². The van der Waals surface area contributed by atoms with E-state index in [0.29, 0.717) is 0 Å². The molecule has 76 valence electrons. The summed E-state index contributed by atoms with van der Waals surface area (Å²) in [5, 5.41) is 4.42. The second-order valence-corrected chi connectivity index (χ2v) is 5.27. The summed E-state index contributed by atoms with van der Waals surface area (Å²) in [6.45, 7) is 3.20. The minimum absolute atomic E-state index is 0.799. The minimum Gasteiger partial charge on any atom is -0.381 e. The van der Waals surface area contributed by atoms with E-state index in [-0.39, 0.29) is 0 Å². The first-order valence-corrected chi connectivity index (χ1v) is 6.43. The molecule has 13 heavy (non-hydrogen) atoms. The Hall–Kier alpha value is 0.270. The van der Waals surface area contributed by atoms with E-state index in [4.69, 9.17) is 4.74 Å². The molecule has 2 nitrogen and oxygen atoms in total. The summed E-state index contributed by atoms with van der Waals surface area (Å²) in [6, 6.07) is 0.799. The summed E-state index contributed by atoms with van der Waals surface area (Å²) in [5.74, 6) is 1.31. The molecule has 0 unspecified atom stereocenters. The third kappa shape index (κ3) is 3.15. The molecule has 0 aromatic carbocycles. The number of hydrogen-bond donors (Lipinski definition) is 1. The maximum absolute atomic E-state index is 5.34. The molecule has 3 heteroatoms. The van der Waals surface area contributed by atoms with Gasteiger partial charge in [0.1, 0.15) is 0 Å². The molecule has 0 amide bonds. The van der Waals surface area contributed by atoms with E-state index in [9.17, 15) is 0 Å². The zero-order valence-electron chi connectivity index (χ0n) is 8.13. The highest BCUT2D eigenvalue weighted by atomic mass is 32.2. The molecule has 2 fully saturated rings. The van der Waals surface area contributed by atoms with Crippen LogP contribution in [0.15, 0.2) is 0 Å². The molecule has 0 aliphatic carbocycles. The molecule has 0 aromatic rings. The fourth-order valence-electron chi connectivity index (χ4n) is 1.99. The highest BCUT2D eigenvalue weighted by Gasteiger charge is 2.18. The molecule has 2 saturated heterocycles. The van der Waals surface area contributed by atoms with Gasteiger partial charge >= 0.3 is 0 Å². The van der Waals surface area contributed by atoms with Crippen LogP contribution in [0.25, 0.3) is 0 Å². The number of hydrogen-bond acceptors (Lipinski definition) is 3. The SMILES string of the molecule is C1CN[C@@H](CSC2CCOCC2)C1. The molecule has 0 spiro atoms. The van der Waals surface area contributed by atoms with E-state index >= 15 is 0 Å². The van der Waals surface area contributed by atoms with Crippen LogP contribution >= 0.6 is 11.8 Å². The second kappa shape index (κ2) is 5.23. The minimum atomic E-state index is 0.799. The maximum atomic E-state index is 5.34. The highest BCUT2D eigenvalue weighted by Crippen LogP contribution is 2.24. The van der Waals surface area contributed by atoms with Crippen molar-refractivity contribution in [1.29, 1.82) is 0 Å². The van der Waals surface area contributed by atoms with Crippen LogP contribution < -0.4 is 5.32 Å². The molecule has 2 rings (SSSR count). The van der Waals surface area contributed by atoms with Crippen LogP contribution in [0.1, 0.15) is 25.7 Å². The number of nitrogens with one attached hydrogen (secondary N) is 1. The third-order valence-electron chi connectivity index (χ3n) is 2.86. The molecule has 1 N–H and O–H groups in total. The molecule has 2 aliphatic rings. The van der Waals surface area contributed by atoms with E-state index in [1.807, 2.05) is 0 Å². The molecule has 0 bridgehead atoms. The lowest BCUT2D eigenvalue weighted by Gasteiger charge is -2.22. The number of rotatable bonds is 3. The topological polar surface area (TPSA) is 21.3 Å². The van der Waals surface area contributed by atoms with Crippen molar-refractivity contribution in [1.82, 2.24) is 5.32 Å². The Kier molecular flexibility index (Phi) is 3.94. The lowest BCUT2D eigenvalue weighted by atomic mass is 10.2. The van der Waals surface area contributed by atoms with Crippen LogP contribution in [-0.4, -0.2) is 36.8 Å². The molecule has 0 radical (unpaired) electrons.